The average molecular weight is 341 g/mol. The molecular weight excluding hydrogens is 308 g/mol. The van der Waals surface area contributed by atoms with Crippen molar-refractivity contribution in [3.63, 3.8) is 0 Å². The lowest BCUT2D eigenvalue weighted by molar-refractivity contribution is 0.144. The van der Waals surface area contributed by atoms with Gasteiger partial charge in [-0.2, -0.15) is 0 Å². The minimum absolute atomic E-state index is 0.0626. The van der Waals surface area contributed by atoms with Crippen LogP contribution in [0.4, 0.5) is 0 Å². The van der Waals surface area contributed by atoms with Gasteiger partial charge in [-0.3, -0.25) is 0 Å². The summed E-state index contributed by atoms with van der Waals surface area (Å²) in [5, 5.41) is 0. The van der Waals surface area contributed by atoms with Crippen molar-refractivity contribution in [1.29, 1.82) is 0 Å². The van der Waals surface area contributed by atoms with Gasteiger partial charge in [0, 0.05) is 6.61 Å². The van der Waals surface area contributed by atoms with Gasteiger partial charge in [-0.1, -0.05) is 69.6 Å². The molecule has 132 valence electrons. The van der Waals surface area contributed by atoms with Crippen LogP contribution in [0.25, 0.3) is 0 Å². The largest absolute Gasteiger partial charge is 0.380 e. The van der Waals surface area contributed by atoms with Gasteiger partial charge >= 0.3 is 0 Å². The molecule has 0 aliphatic carbocycles. The zero-order valence-electron chi connectivity index (χ0n) is 14.7. The minimum Gasteiger partial charge on any atom is -0.380 e. The number of ether oxygens (including phenoxy) is 1. The Labute approximate surface area is 142 Å². The molecule has 0 aromatic heterocycles. The number of hydrogen-bond donors (Lipinski definition) is 0. The Morgan fingerprint density at radius 1 is 0.826 bits per heavy atom. The van der Waals surface area contributed by atoms with Gasteiger partial charge in [-0.25, -0.2) is 8.42 Å². The van der Waals surface area contributed by atoms with Crippen molar-refractivity contribution in [2.75, 3.05) is 19.0 Å². The van der Waals surface area contributed by atoms with Gasteiger partial charge in [-0.15, -0.1) is 0 Å². The highest BCUT2D eigenvalue weighted by molar-refractivity contribution is 7.91. The molecule has 0 amide bonds. The fourth-order valence-electron chi connectivity index (χ4n) is 2.47. The van der Waals surface area contributed by atoms with Crippen molar-refractivity contribution in [2.24, 2.45) is 0 Å². The molecular formula is C19H32O3S. The van der Waals surface area contributed by atoms with Crippen LogP contribution in [0, 0.1) is 6.92 Å². The maximum absolute atomic E-state index is 12.1. The van der Waals surface area contributed by atoms with Crippen molar-refractivity contribution in [3.8, 4) is 0 Å². The van der Waals surface area contributed by atoms with E-state index in [0.717, 1.165) is 12.0 Å². The van der Waals surface area contributed by atoms with Crippen LogP contribution >= 0.6 is 0 Å². The first-order valence-electron chi connectivity index (χ1n) is 8.93. The molecule has 4 heteroatoms. The van der Waals surface area contributed by atoms with Gasteiger partial charge in [0.05, 0.1) is 17.3 Å². The number of aryl methyl sites for hydroxylation is 1. The summed E-state index contributed by atoms with van der Waals surface area (Å²) in [7, 11) is -3.21. The standard InChI is InChI=1S/C19H32O3S/c1-3-4-5-6-7-8-9-10-15-22-16-17-23(20,21)19-13-11-18(2)12-14-19/h11-14H,3-10,15-17H2,1-2H3. The van der Waals surface area contributed by atoms with E-state index in [0.29, 0.717) is 11.5 Å². The van der Waals surface area contributed by atoms with Crippen molar-refractivity contribution >= 4 is 9.84 Å². The molecule has 1 aromatic rings. The van der Waals surface area contributed by atoms with Crippen molar-refractivity contribution in [2.45, 2.75) is 70.1 Å². The summed E-state index contributed by atoms with van der Waals surface area (Å²) in [4.78, 5) is 0.388. The molecule has 0 atom stereocenters. The van der Waals surface area contributed by atoms with Crippen molar-refractivity contribution in [1.82, 2.24) is 0 Å². The molecule has 0 saturated carbocycles. The van der Waals surface area contributed by atoms with Crippen LogP contribution in [0.1, 0.15) is 63.9 Å². The van der Waals surface area contributed by atoms with E-state index in [1.165, 1.54) is 44.9 Å². The highest BCUT2D eigenvalue weighted by Crippen LogP contribution is 2.12. The average Bonchev–Trinajstić information content (AvgIpc) is 2.53. The highest BCUT2D eigenvalue weighted by atomic mass is 32.2. The molecule has 0 aliphatic heterocycles. The quantitative estimate of drug-likeness (QED) is 0.478. The predicted molar refractivity (Wildman–Crippen MR) is 96.7 cm³/mol. The van der Waals surface area contributed by atoms with Crippen LogP contribution < -0.4 is 0 Å². The Hall–Kier alpha value is -0.870. The first-order valence-corrected chi connectivity index (χ1v) is 10.6. The van der Waals surface area contributed by atoms with E-state index in [1.807, 2.05) is 19.1 Å². The number of unbranched alkanes of at least 4 members (excludes halogenated alkanes) is 7. The first-order chi connectivity index (χ1) is 11.1. The zero-order chi connectivity index (χ0) is 17.0. The molecule has 0 spiro atoms. The lowest BCUT2D eigenvalue weighted by atomic mass is 10.1. The molecule has 3 nitrogen and oxygen atoms in total. The molecule has 0 fully saturated rings. The third-order valence-corrected chi connectivity index (χ3v) is 5.71. The molecule has 0 unspecified atom stereocenters. The van der Waals surface area contributed by atoms with Crippen LogP contribution in [0.3, 0.4) is 0 Å². The molecule has 0 aliphatic rings. The lowest BCUT2D eigenvalue weighted by Crippen LogP contribution is -2.13. The summed E-state index contributed by atoms with van der Waals surface area (Å²) in [6.45, 7) is 5.13. The Morgan fingerprint density at radius 3 is 2.00 bits per heavy atom. The molecule has 0 saturated heterocycles. The minimum atomic E-state index is -3.21. The second kappa shape index (κ2) is 11.6. The van der Waals surface area contributed by atoms with E-state index in [-0.39, 0.29) is 12.4 Å². The van der Waals surface area contributed by atoms with Gasteiger partial charge < -0.3 is 4.74 Å². The van der Waals surface area contributed by atoms with E-state index in [9.17, 15) is 8.42 Å². The van der Waals surface area contributed by atoms with Crippen LogP contribution in [-0.4, -0.2) is 27.4 Å². The number of rotatable bonds is 13. The van der Waals surface area contributed by atoms with Gasteiger partial charge in [0.15, 0.2) is 9.84 Å². The molecule has 0 bridgehead atoms. The summed E-state index contributed by atoms with van der Waals surface area (Å²) in [5.41, 5.74) is 1.06. The van der Waals surface area contributed by atoms with E-state index in [2.05, 4.69) is 6.92 Å². The van der Waals surface area contributed by atoms with E-state index < -0.39 is 9.84 Å². The third-order valence-electron chi connectivity index (χ3n) is 4.02. The number of benzene rings is 1. The Kier molecular flexibility index (Phi) is 10.2. The van der Waals surface area contributed by atoms with E-state index >= 15 is 0 Å². The first kappa shape index (κ1) is 20.2. The summed E-state index contributed by atoms with van der Waals surface area (Å²) in [5.74, 6) is 0.0626. The van der Waals surface area contributed by atoms with Crippen molar-refractivity contribution < 1.29 is 13.2 Å². The summed E-state index contributed by atoms with van der Waals surface area (Å²) < 4.78 is 29.7. The molecule has 1 rings (SSSR count). The number of hydrogen-bond acceptors (Lipinski definition) is 3. The highest BCUT2D eigenvalue weighted by Gasteiger charge is 2.13. The smallest absolute Gasteiger partial charge is 0.180 e. The predicted octanol–water partition coefficient (Wildman–Crippen LogP) is 4.93. The zero-order valence-corrected chi connectivity index (χ0v) is 15.5. The van der Waals surface area contributed by atoms with Crippen molar-refractivity contribution in [3.05, 3.63) is 29.8 Å². The fourth-order valence-corrected chi connectivity index (χ4v) is 3.60. The maximum Gasteiger partial charge on any atom is 0.180 e. The second-order valence-corrected chi connectivity index (χ2v) is 8.33. The van der Waals surface area contributed by atoms with Gasteiger partial charge in [-0.05, 0) is 25.5 Å². The lowest BCUT2D eigenvalue weighted by Gasteiger charge is -2.06. The monoisotopic (exact) mass is 340 g/mol. The summed E-state index contributed by atoms with van der Waals surface area (Å²) in [6.07, 6.45) is 10.1. The topological polar surface area (TPSA) is 43.4 Å². The SMILES string of the molecule is CCCCCCCCCCOCCS(=O)(=O)c1ccc(C)cc1. The Balaban J connectivity index is 2.05. The van der Waals surface area contributed by atoms with Crippen LogP contribution in [0.5, 0.6) is 0 Å². The third kappa shape index (κ3) is 9.11. The summed E-state index contributed by atoms with van der Waals surface area (Å²) in [6, 6.07) is 6.99. The molecule has 23 heavy (non-hydrogen) atoms. The van der Waals surface area contributed by atoms with Crippen LogP contribution in [-0.2, 0) is 14.6 Å². The Morgan fingerprint density at radius 2 is 1.39 bits per heavy atom. The molecule has 1 aromatic carbocycles. The van der Waals surface area contributed by atoms with Gasteiger partial charge in [0.1, 0.15) is 0 Å². The van der Waals surface area contributed by atoms with Crippen LogP contribution in [0.2, 0.25) is 0 Å². The summed E-state index contributed by atoms with van der Waals surface area (Å²) >= 11 is 0. The normalized spacial score (nSPS) is 11.7. The van der Waals surface area contributed by atoms with Gasteiger partial charge in [0.25, 0.3) is 0 Å². The fraction of sp³-hybridized carbons (Fsp3) is 0.684. The van der Waals surface area contributed by atoms with E-state index in [1.54, 1.807) is 12.1 Å². The maximum atomic E-state index is 12.1. The van der Waals surface area contributed by atoms with E-state index in [4.69, 9.17) is 4.74 Å². The molecule has 0 N–H and O–H groups in total. The molecule has 0 heterocycles. The second-order valence-electron chi connectivity index (χ2n) is 6.22. The number of sulfone groups is 1. The van der Waals surface area contributed by atoms with Crippen LogP contribution in [0.15, 0.2) is 29.2 Å². The van der Waals surface area contributed by atoms with Gasteiger partial charge in [0.2, 0.25) is 0 Å². The molecule has 0 radical (unpaired) electrons. The Bertz CT molecular complexity index is 506.